The second kappa shape index (κ2) is 2.79. The number of aromatic amines is 1. The Morgan fingerprint density at radius 2 is 2.45 bits per heavy atom. The summed E-state index contributed by atoms with van der Waals surface area (Å²) < 4.78 is 0.213. The van der Waals surface area contributed by atoms with Gasteiger partial charge in [0.1, 0.15) is 16.0 Å². The van der Waals surface area contributed by atoms with E-state index in [0.717, 1.165) is 0 Å². The minimum Gasteiger partial charge on any atom is -0.478 e. The van der Waals surface area contributed by atoms with Crippen LogP contribution >= 0.6 is 12.2 Å². The average Bonchev–Trinajstić information content (AvgIpc) is 1.85. The summed E-state index contributed by atoms with van der Waals surface area (Å²) in [4.78, 5) is 16.8. The number of aromatic carboxylic acids is 1. The summed E-state index contributed by atoms with van der Waals surface area (Å²) in [6.07, 6.45) is 1.25. The SMILES string of the molecule is Cc1ncc(C(=O)O)c(=S)[nH]1. The topological polar surface area (TPSA) is 66.0 Å². The number of hydrogen-bond acceptors (Lipinski definition) is 3. The molecule has 0 aliphatic carbocycles. The number of nitrogens with zero attached hydrogens (tertiary/aromatic N) is 1. The standard InChI is InChI=1S/C6H6N2O2S/c1-3-7-2-4(6(9)10)5(11)8-3/h2H,1H3,(H,9,10)(H,7,8,11). The van der Waals surface area contributed by atoms with Crippen molar-refractivity contribution in [3.05, 3.63) is 22.2 Å². The Morgan fingerprint density at radius 1 is 1.82 bits per heavy atom. The number of carboxylic acids is 1. The van der Waals surface area contributed by atoms with Crippen molar-refractivity contribution < 1.29 is 9.90 Å². The molecule has 5 heteroatoms. The minimum absolute atomic E-state index is 0.0330. The molecule has 0 bridgehead atoms. The van der Waals surface area contributed by atoms with Crippen LogP contribution in [-0.4, -0.2) is 21.0 Å². The fourth-order valence-electron chi connectivity index (χ4n) is 0.636. The summed E-state index contributed by atoms with van der Waals surface area (Å²) in [7, 11) is 0. The van der Waals surface area contributed by atoms with Crippen LogP contribution in [0.2, 0.25) is 0 Å². The third-order valence-corrected chi connectivity index (χ3v) is 1.48. The summed E-state index contributed by atoms with van der Waals surface area (Å²) in [6.45, 7) is 1.71. The number of aromatic nitrogens is 2. The number of H-pyrrole nitrogens is 1. The van der Waals surface area contributed by atoms with E-state index >= 15 is 0 Å². The Hall–Kier alpha value is -1.23. The Bertz CT molecular complexity index is 345. The number of hydrogen-bond donors (Lipinski definition) is 2. The predicted molar refractivity (Wildman–Crippen MR) is 41.1 cm³/mol. The Balaban J connectivity index is 3.32. The minimum atomic E-state index is -1.06. The molecule has 0 aliphatic heterocycles. The van der Waals surface area contributed by atoms with E-state index in [4.69, 9.17) is 17.3 Å². The molecule has 1 aromatic rings. The molecule has 0 aromatic carbocycles. The van der Waals surface area contributed by atoms with Gasteiger partial charge in [0.2, 0.25) is 0 Å². The van der Waals surface area contributed by atoms with Crippen molar-refractivity contribution in [1.29, 1.82) is 0 Å². The molecule has 58 valence electrons. The molecule has 2 N–H and O–H groups in total. The van der Waals surface area contributed by atoms with Gasteiger partial charge >= 0.3 is 5.97 Å². The van der Waals surface area contributed by atoms with Crippen LogP contribution in [0.25, 0.3) is 0 Å². The molecule has 0 unspecified atom stereocenters. The first-order valence-corrected chi connectivity index (χ1v) is 3.31. The molecule has 0 fully saturated rings. The molecule has 1 heterocycles. The van der Waals surface area contributed by atoms with Gasteiger partial charge in [0, 0.05) is 6.20 Å². The van der Waals surface area contributed by atoms with Gasteiger partial charge in [-0.1, -0.05) is 12.2 Å². The zero-order valence-electron chi connectivity index (χ0n) is 5.79. The summed E-state index contributed by atoms with van der Waals surface area (Å²) in [5, 5.41) is 8.53. The molecule has 0 saturated carbocycles. The average molecular weight is 170 g/mol. The lowest BCUT2D eigenvalue weighted by atomic mass is 10.3. The van der Waals surface area contributed by atoms with Crippen molar-refractivity contribution in [1.82, 2.24) is 9.97 Å². The van der Waals surface area contributed by atoms with E-state index < -0.39 is 5.97 Å². The number of rotatable bonds is 1. The first-order valence-electron chi connectivity index (χ1n) is 2.90. The molecule has 4 nitrogen and oxygen atoms in total. The third-order valence-electron chi connectivity index (χ3n) is 1.16. The zero-order valence-corrected chi connectivity index (χ0v) is 6.60. The molecule has 0 aliphatic rings. The number of nitrogens with one attached hydrogen (secondary N) is 1. The van der Waals surface area contributed by atoms with E-state index in [1.807, 2.05) is 0 Å². The number of carbonyl (C=O) groups is 1. The molecule has 0 amide bonds. The van der Waals surface area contributed by atoms with Gasteiger partial charge in [-0.05, 0) is 6.92 Å². The highest BCUT2D eigenvalue weighted by atomic mass is 32.1. The van der Waals surface area contributed by atoms with E-state index in [2.05, 4.69) is 9.97 Å². The Kier molecular flexibility index (Phi) is 2.00. The van der Waals surface area contributed by atoms with Crippen LogP contribution in [0.1, 0.15) is 16.2 Å². The lowest BCUT2D eigenvalue weighted by Crippen LogP contribution is -2.01. The van der Waals surface area contributed by atoms with Crippen molar-refractivity contribution in [2.24, 2.45) is 0 Å². The molecule has 11 heavy (non-hydrogen) atoms. The first kappa shape index (κ1) is 7.87. The first-order chi connectivity index (χ1) is 5.11. The maximum absolute atomic E-state index is 10.4. The van der Waals surface area contributed by atoms with Gasteiger partial charge in [0.15, 0.2) is 0 Å². The van der Waals surface area contributed by atoms with Gasteiger partial charge in [0.05, 0.1) is 0 Å². The third kappa shape index (κ3) is 1.62. The summed E-state index contributed by atoms with van der Waals surface area (Å²) in [5.74, 6) is -0.446. The summed E-state index contributed by atoms with van der Waals surface area (Å²) >= 11 is 4.74. The van der Waals surface area contributed by atoms with Crippen molar-refractivity contribution in [2.45, 2.75) is 6.92 Å². The second-order valence-electron chi connectivity index (χ2n) is 2.02. The molecule has 1 rings (SSSR count). The zero-order chi connectivity index (χ0) is 8.43. The van der Waals surface area contributed by atoms with Crippen LogP contribution in [0.3, 0.4) is 0 Å². The van der Waals surface area contributed by atoms with Crippen LogP contribution in [0, 0.1) is 11.6 Å². The van der Waals surface area contributed by atoms with Crippen molar-refractivity contribution in [3.8, 4) is 0 Å². The predicted octanol–water partition coefficient (Wildman–Crippen LogP) is 1.15. The summed E-state index contributed by atoms with van der Waals surface area (Å²) in [6, 6.07) is 0. The van der Waals surface area contributed by atoms with Gasteiger partial charge in [-0.15, -0.1) is 0 Å². The quantitative estimate of drug-likeness (QED) is 0.620. The lowest BCUT2D eigenvalue weighted by Gasteiger charge is -1.94. The Labute approximate surface area is 67.9 Å². The van der Waals surface area contributed by atoms with Gasteiger partial charge in [0.25, 0.3) is 0 Å². The van der Waals surface area contributed by atoms with Crippen LogP contribution in [-0.2, 0) is 0 Å². The number of carboxylic acid groups (broad SMARTS) is 1. The van der Waals surface area contributed by atoms with E-state index in [9.17, 15) is 4.79 Å². The lowest BCUT2D eigenvalue weighted by molar-refractivity contribution is 0.0695. The molecule has 0 spiro atoms. The normalized spacial score (nSPS) is 9.55. The monoisotopic (exact) mass is 170 g/mol. The number of aryl methyl sites for hydroxylation is 1. The van der Waals surface area contributed by atoms with Crippen molar-refractivity contribution >= 4 is 18.2 Å². The molecule has 0 atom stereocenters. The molecular weight excluding hydrogens is 164 g/mol. The fourth-order valence-corrected chi connectivity index (χ4v) is 0.924. The van der Waals surface area contributed by atoms with Crippen LogP contribution in [0.5, 0.6) is 0 Å². The maximum atomic E-state index is 10.4. The van der Waals surface area contributed by atoms with Crippen molar-refractivity contribution in [2.75, 3.05) is 0 Å². The highest BCUT2D eigenvalue weighted by Gasteiger charge is 2.04. The van der Waals surface area contributed by atoms with Crippen LogP contribution < -0.4 is 0 Å². The van der Waals surface area contributed by atoms with E-state index in [1.165, 1.54) is 6.20 Å². The second-order valence-corrected chi connectivity index (χ2v) is 2.42. The van der Waals surface area contributed by atoms with Crippen LogP contribution in [0.4, 0.5) is 0 Å². The van der Waals surface area contributed by atoms with Gasteiger partial charge in [-0.25, -0.2) is 9.78 Å². The van der Waals surface area contributed by atoms with E-state index in [-0.39, 0.29) is 10.2 Å². The van der Waals surface area contributed by atoms with Gasteiger partial charge < -0.3 is 10.1 Å². The largest absolute Gasteiger partial charge is 0.478 e. The maximum Gasteiger partial charge on any atom is 0.340 e. The highest BCUT2D eigenvalue weighted by Crippen LogP contribution is 1.98. The fraction of sp³-hybridized carbons (Fsp3) is 0.167. The smallest absolute Gasteiger partial charge is 0.340 e. The van der Waals surface area contributed by atoms with E-state index in [0.29, 0.717) is 5.82 Å². The highest BCUT2D eigenvalue weighted by molar-refractivity contribution is 7.71. The van der Waals surface area contributed by atoms with E-state index in [1.54, 1.807) is 6.92 Å². The summed E-state index contributed by atoms with van der Waals surface area (Å²) in [5.41, 5.74) is 0.0330. The Morgan fingerprint density at radius 3 is 2.91 bits per heavy atom. The molecule has 0 radical (unpaired) electrons. The molecular formula is C6H6N2O2S. The van der Waals surface area contributed by atoms with Gasteiger partial charge in [-0.3, -0.25) is 0 Å². The van der Waals surface area contributed by atoms with Crippen LogP contribution in [0.15, 0.2) is 6.20 Å². The molecule has 0 saturated heterocycles. The molecule has 1 aromatic heterocycles. The van der Waals surface area contributed by atoms with Crippen molar-refractivity contribution in [3.63, 3.8) is 0 Å². The van der Waals surface area contributed by atoms with Gasteiger partial charge in [-0.2, -0.15) is 0 Å².